The highest BCUT2D eigenvalue weighted by Crippen LogP contribution is 2.46. The second-order valence-electron chi connectivity index (χ2n) is 5.82. The fraction of sp³-hybridized carbons (Fsp3) is 0.222. The summed E-state index contributed by atoms with van der Waals surface area (Å²) in [6.45, 7) is 0. The van der Waals surface area contributed by atoms with Crippen LogP contribution in [0.4, 0.5) is 0 Å². The SMILES string of the molecule is COC1=C(c2ccc(C(=O)O)cc2OC)CC(C(=O)O)(C(=O)O)C(C(=O)O)=C1. The Hall–Kier alpha value is -3.82. The monoisotopic (exact) mass is 392 g/mol. The summed E-state index contributed by atoms with van der Waals surface area (Å²) in [6.07, 6.45) is 0.0930. The summed E-state index contributed by atoms with van der Waals surface area (Å²) in [4.78, 5) is 46.4. The van der Waals surface area contributed by atoms with Crippen molar-refractivity contribution >= 4 is 29.5 Å². The number of carboxylic acids is 4. The lowest BCUT2D eigenvalue weighted by Crippen LogP contribution is -2.45. The Balaban J connectivity index is 2.82. The summed E-state index contributed by atoms with van der Waals surface area (Å²) < 4.78 is 10.3. The molecule has 0 bridgehead atoms. The number of allylic oxidation sites excluding steroid dienone is 2. The fourth-order valence-electron chi connectivity index (χ4n) is 2.99. The molecule has 0 spiro atoms. The van der Waals surface area contributed by atoms with Crippen LogP contribution in [0, 0.1) is 5.41 Å². The van der Waals surface area contributed by atoms with E-state index in [1.807, 2.05) is 0 Å². The zero-order valence-corrected chi connectivity index (χ0v) is 14.8. The number of carbonyl (C=O) groups is 4. The minimum Gasteiger partial charge on any atom is -0.496 e. The van der Waals surface area contributed by atoms with Gasteiger partial charge in [0.15, 0.2) is 0 Å². The van der Waals surface area contributed by atoms with Crippen LogP contribution in [0.5, 0.6) is 5.75 Å². The molecule has 10 nitrogen and oxygen atoms in total. The van der Waals surface area contributed by atoms with Crippen LogP contribution in [0.15, 0.2) is 35.6 Å². The normalized spacial score (nSPS) is 15.4. The lowest BCUT2D eigenvalue weighted by molar-refractivity contribution is -0.163. The third-order valence-corrected chi connectivity index (χ3v) is 4.43. The minimum absolute atomic E-state index is 0.0290. The van der Waals surface area contributed by atoms with Gasteiger partial charge in [0.2, 0.25) is 5.41 Å². The van der Waals surface area contributed by atoms with Gasteiger partial charge in [-0.1, -0.05) is 0 Å². The smallest absolute Gasteiger partial charge is 0.335 e. The molecule has 4 N–H and O–H groups in total. The van der Waals surface area contributed by atoms with Crippen molar-refractivity contribution < 1.29 is 49.1 Å². The molecule has 0 saturated carbocycles. The van der Waals surface area contributed by atoms with Gasteiger partial charge in [-0.25, -0.2) is 9.59 Å². The van der Waals surface area contributed by atoms with Crippen molar-refractivity contribution in [3.05, 3.63) is 46.7 Å². The maximum absolute atomic E-state index is 11.8. The van der Waals surface area contributed by atoms with Crippen molar-refractivity contribution in [3.8, 4) is 5.75 Å². The van der Waals surface area contributed by atoms with E-state index in [2.05, 4.69) is 0 Å². The molecular weight excluding hydrogens is 376 g/mol. The van der Waals surface area contributed by atoms with Gasteiger partial charge in [-0.05, 0) is 24.3 Å². The molecule has 0 amide bonds. The van der Waals surface area contributed by atoms with E-state index in [9.17, 15) is 34.5 Å². The summed E-state index contributed by atoms with van der Waals surface area (Å²) >= 11 is 0. The Morgan fingerprint density at radius 2 is 1.54 bits per heavy atom. The lowest BCUT2D eigenvalue weighted by atomic mass is 9.70. The number of hydrogen-bond donors (Lipinski definition) is 4. The van der Waals surface area contributed by atoms with Crippen molar-refractivity contribution in [3.63, 3.8) is 0 Å². The third-order valence-electron chi connectivity index (χ3n) is 4.43. The average molecular weight is 392 g/mol. The van der Waals surface area contributed by atoms with E-state index in [1.165, 1.54) is 32.4 Å². The standard InChI is InChI=1S/C18H16O10/c1-27-12-5-8(14(19)20)3-4-9(12)10-7-18(16(23)24,17(25)26)11(15(21)22)6-13(10)28-2/h3-6H,7H2,1-2H3,(H,19,20)(H,21,22)(H,23,24)(H,25,26). The Labute approximate surface area is 157 Å². The van der Waals surface area contributed by atoms with Gasteiger partial charge in [0.25, 0.3) is 0 Å². The van der Waals surface area contributed by atoms with Gasteiger partial charge in [0.05, 0.1) is 25.4 Å². The molecule has 0 atom stereocenters. The maximum atomic E-state index is 11.8. The molecule has 0 saturated heterocycles. The summed E-state index contributed by atoms with van der Waals surface area (Å²) in [5.41, 5.74) is -3.52. The molecule has 0 heterocycles. The first-order valence-corrected chi connectivity index (χ1v) is 7.71. The molecule has 0 aliphatic heterocycles. The van der Waals surface area contributed by atoms with Crippen LogP contribution in [-0.2, 0) is 19.1 Å². The summed E-state index contributed by atoms with van der Waals surface area (Å²) in [5.74, 6) is -6.71. The van der Waals surface area contributed by atoms with Gasteiger partial charge in [-0.15, -0.1) is 0 Å². The van der Waals surface area contributed by atoms with Gasteiger partial charge in [0.1, 0.15) is 11.5 Å². The largest absolute Gasteiger partial charge is 0.496 e. The highest BCUT2D eigenvalue weighted by Gasteiger charge is 2.55. The second-order valence-corrected chi connectivity index (χ2v) is 5.82. The molecule has 1 aromatic rings. The summed E-state index contributed by atoms with van der Waals surface area (Å²) in [6, 6.07) is 3.71. The van der Waals surface area contributed by atoms with Gasteiger partial charge in [0, 0.05) is 17.6 Å². The Kier molecular flexibility index (Phi) is 5.44. The predicted molar refractivity (Wildman–Crippen MR) is 91.9 cm³/mol. The highest BCUT2D eigenvalue weighted by molar-refractivity contribution is 6.12. The fourth-order valence-corrected chi connectivity index (χ4v) is 2.99. The molecule has 0 unspecified atom stereocenters. The third kappa shape index (κ3) is 3.15. The number of hydrogen-bond acceptors (Lipinski definition) is 6. The van der Waals surface area contributed by atoms with Gasteiger partial charge in [-0.2, -0.15) is 0 Å². The maximum Gasteiger partial charge on any atom is 0.335 e. The predicted octanol–water partition coefficient (Wildman–Crippen LogP) is 1.32. The molecule has 0 aromatic heterocycles. The topological polar surface area (TPSA) is 168 Å². The van der Waals surface area contributed by atoms with E-state index in [0.717, 1.165) is 6.08 Å². The first kappa shape index (κ1) is 20.5. The van der Waals surface area contributed by atoms with Gasteiger partial charge >= 0.3 is 23.9 Å². The second kappa shape index (κ2) is 7.43. The molecular formula is C18H16O10. The van der Waals surface area contributed by atoms with Crippen molar-refractivity contribution in [2.24, 2.45) is 5.41 Å². The molecule has 0 fully saturated rings. The molecule has 1 aliphatic carbocycles. The molecule has 1 aliphatic rings. The number of carboxylic acid groups (broad SMARTS) is 4. The zero-order chi connectivity index (χ0) is 21.2. The van der Waals surface area contributed by atoms with Crippen LogP contribution >= 0.6 is 0 Å². The van der Waals surface area contributed by atoms with Crippen molar-refractivity contribution in [1.29, 1.82) is 0 Å². The van der Waals surface area contributed by atoms with E-state index in [1.54, 1.807) is 0 Å². The zero-order valence-electron chi connectivity index (χ0n) is 14.8. The van der Waals surface area contributed by atoms with E-state index in [4.69, 9.17) is 14.6 Å². The van der Waals surface area contributed by atoms with Crippen molar-refractivity contribution in [2.75, 3.05) is 14.2 Å². The van der Waals surface area contributed by atoms with Crippen LogP contribution in [-0.4, -0.2) is 58.5 Å². The number of aliphatic carboxylic acids is 3. The van der Waals surface area contributed by atoms with Crippen molar-refractivity contribution in [2.45, 2.75) is 6.42 Å². The Bertz CT molecular complexity index is 924. The van der Waals surface area contributed by atoms with E-state index >= 15 is 0 Å². The van der Waals surface area contributed by atoms with Crippen LogP contribution in [0.3, 0.4) is 0 Å². The minimum atomic E-state index is -2.76. The van der Waals surface area contributed by atoms with E-state index < -0.39 is 41.3 Å². The van der Waals surface area contributed by atoms with Crippen LogP contribution in [0.2, 0.25) is 0 Å². The molecule has 2 rings (SSSR count). The van der Waals surface area contributed by atoms with E-state index in [0.29, 0.717) is 0 Å². The average Bonchev–Trinajstić information content (AvgIpc) is 2.65. The van der Waals surface area contributed by atoms with Gasteiger partial charge < -0.3 is 29.9 Å². The van der Waals surface area contributed by atoms with Crippen LogP contribution in [0.1, 0.15) is 22.3 Å². The highest BCUT2D eigenvalue weighted by atomic mass is 16.5. The quantitative estimate of drug-likeness (QED) is 0.497. The molecule has 10 heteroatoms. The lowest BCUT2D eigenvalue weighted by Gasteiger charge is -2.31. The van der Waals surface area contributed by atoms with E-state index in [-0.39, 0.29) is 28.2 Å². The molecule has 28 heavy (non-hydrogen) atoms. The first-order valence-electron chi connectivity index (χ1n) is 7.71. The summed E-state index contributed by atoms with van der Waals surface area (Å²) in [7, 11) is 2.46. The summed E-state index contributed by atoms with van der Waals surface area (Å²) in [5, 5.41) is 37.7. The first-order chi connectivity index (χ1) is 13.1. The van der Waals surface area contributed by atoms with Crippen LogP contribution in [0.25, 0.3) is 5.57 Å². The molecule has 0 radical (unpaired) electrons. The number of methoxy groups -OCH3 is 2. The van der Waals surface area contributed by atoms with Crippen molar-refractivity contribution in [1.82, 2.24) is 0 Å². The van der Waals surface area contributed by atoms with Gasteiger partial charge in [-0.3, -0.25) is 9.59 Å². The number of rotatable bonds is 7. The Morgan fingerprint density at radius 1 is 0.929 bits per heavy atom. The number of benzene rings is 1. The Morgan fingerprint density at radius 3 is 1.96 bits per heavy atom. The number of ether oxygens (including phenoxy) is 2. The molecule has 1 aromatic carbocycles. The molecule has 148 valence electrons. The number of aromatic carboxylic acids is 1. The van der Waals surface area contributed by atoms with Crippen LogP contribution < -0.4 is 4.74 Å².